The van der Waals surface area contributed by atoms with Crippen LogP contribution in [-0.2, 0) is 0 Å². The highest BCUT2D eigenvalue weighted by atomic mass is 35.5. The molecule has 0 bridgehead atoms. The first-order valence-electron chi connectivity index (χ1n) is 6.45. The molecule has 1 aromatic carbocycles. The van der Waals surface area contributed by atoms with Crippen LogP contribution in [0.4, 0.5) is 15.8 Å². The monoisotopic (exact) mass is 315 g/mol. The first-order chi connectivity index (χ1) is 10.6. The fourth-order valence-electron chi connectivity index (χ4n) is 1.98. The number of rotatable bonds is 3. The molecule has 0 atom stereocenters. The van der Waals surface area contributed by atoms with Crippen LogP contribution in [0.3, 0.4) is 0 Å². The van der Waals surface area contributed by atoms with Crippen molar-refractivity contribution in [1.82, 2.24) is 9.97 Å². The Labute approximate surface area is 131 Å². The average Bonchev–Trinajstić information content (AvgIpc) is 2.53. The second kappa shape index (κ2) is 5.99. The Morgan fingerprint density at radius 2 is 2.00 bits per heavy atom. The molecule has 0 aliphatic rings. The van der Waals surface area contributed by atoms with Crippen molar-refractivity contribution in [1.29, 1.82) is 0 Å². The standard InChI is InChI=1S/C16H11ClFN3O/c17-10-3-4-13(18)12(6-10)14-7-15(16(22)9-20-14)21-11-2-1-5-19-8-11/h1-9,22H,(H,20,21). The molecular formula is C16H11ClFN3O. The molecule has 3 rings (SSSR count). The summed E-state index contributed by atoms with van der Waals surface area (Å²) in [5.41, 5.74) is 1.73. The smallest absolute Gasteiger partial charge is 0.157 e. The number of aromatic nitrogens is 2. The van der Waals surface area contributed by atoms with Crippen molar-refractivity contribution in [2.75, 3.05) is 5.32 Å². The van der Waals surface area contributed by atoms with Crippen LogP contribution in [0.25, 0.3) is 11.3 Å². The Kier molecular flexibility index (Phi) is 3.89. The summed E-state index contributed by atoms with van der Waals surface area (Å²) in [6, 6.07) is 9.35. The highest BCUT2D eigenvalue weighted by Crippen LogP contribution is 2.31. The maximum absolute atomic E-state index is 13.9. The van der Waals surface area contributed by atoms with Crippen molar-refractivity contribution >= 4 is 23.0 Å². The van der Waals surface area contributed by atoms with E-state index in [4.69, 9.17) is 11.6 Å². The highest BCUT2D eigenvalue weighted by Gasteiger charge is 2.11. The summed E-state index contributed by atoms with van der Waals surface area (Å²) in [6.45, 7) is 0. The molecule has 2 heterocycles. The van der Waals surface area contributed by atoms with Gasteiger partial charge in [0.2, 0.25) is 0 Å². The maximum atomic E-state index is 13.9. The second-order valence-electron chi connectivity index (χ2n) is 4.58. The summed E-state index contributed by atoms with van der Waals surface area (Å²) in [4.78, 5) is 8.03. The minimum Gasteiger partial charge on any atom is -0.504 e. The van der Waals surface area contributed by atoms with Crippen LogP contribution in [0.2, 0.25) is 5.02 Å². The number of nitrogens with zero attached hydrogens (tertiary/aromatic N) is 2. The third kappa shape index (κ3) is 2.99. The molecule has 6 heteroatoms. The number of halogens is 2. The molecule has 4 nitrogen and oxygen atoms in total. The highest BCUT2D eigenvalue weighted by molar-refractivity contribution is 6.30. The molecule has 0 saturated carbocycles. The van der Waals surface area contributed by atoms with Crippen LogP contribution in [0, 0.1) is 5.82 Å². The Balaban J connectivity index is 2.01. The Bertz CT molecular complexity index is 812. The van der Waals surface area contributed by atoms with E-state index in [0.717, 1.165) is 0 Å². The van der Waals surface area contributed by atoms with E-state index in [1.54, 1.807) is 30.6 Å². The zero-order chi connectivity index (χ0) is 15.5. The number of hydrogen-bond acceptors (Lipinski definition) is 4. The first-order valence-corrected chi connectivity index (χ1v) is 6.83. The molecule has 0 aliphatic carbocycles. The van der Waals surface area contributed by atoms with Crippen molar-refractivity contribution in [3.63, 3.8) is 0 Å². The lowest BCUT2D eigenvalue weighted by Crippen LogP contribution is -1.94. The van der Waals surface area contributed by atoms with Gasteiger partial charge in [0.1, 0.15) is 5.82 Å². The van der Waals surface area contributed by atoms with Crippen LogP contribution in [0.5, 0.6) is 5.75 Å². The predicted octanol–water partition coefficient (Wildman–Crippen LogP) is 4.39. The summed E-state index contributed by atoms with van der Waals surface area (Å²) in [5, 5.41) is 13.3. The fraction of sp³-hybridized carbons (Fsp3) is 0. The Hall–Kier alpha value is -2.66. The number of aromatic hydroxyl groups is 1. The lowest BCUT2D eigenvalue weighted by Gasteiger charge is -2.10. The largest absolute Gasteiger partial charge is 0.504 e. The second-order valence-corrected chi connectivity index (χ2v) is 5.01. The lowest BCUT2D eigenvalue weighted by atomic mass is 10.1. The van der Waals surface area contributed by atoms with Gasteiger partial charge in [0, 0.05) is 16.8 Å². The van der Waals surface area contributed by atoms with Gasteiger partial charge in [0.15, 0.2) is 5.75 Å². The van der Waals surface area contributed by atoms with E-state index in [2.05, 4.69) is 15.3 Å². The van der Waals surface area contributed by atoms with Crippen LogP contribution < -0.4 is 5.32 Å². The van der Waals surface area contributed by atoms with E-state index in [0.29, 0.717) is 22.1 Å². The van der Waals surface area contributed by atoms with E-state index >= 15 is 0 Å². The van der Waals surface area contributed by atoms with E-state index in [1.807, 2.05) is 0 Å². The number of hydrogen-bond donors (Lipinski definition) is 2. The van der Waals surface area contributed by atoms with Crippen LogP contribution in [-0.4, -0.2) is 15.1 Å². The molecule has 0 saturated heterocycles. The van der Waals surface area contributed by atoms with E-state index in [1.165, 1.54) is 24.4 Å². The lowest BCUT2D eigenvalue weighted by molar-refractivity contribution is 0.475. The molecule has 110 valence electrons. The molecule has 2 aromatic heterocycles. The number of pyridine rings is 2. The maximum Gasteiger partial charge on any atom is 0.157 e. The van der Waals surface area contributed by atoms with Gasteiger partial charge in [-0.2, -0.15) is 0 Å². The molecule has 3 aromatic rings. The third-order valence-corrected chi connectivity index (χ3v) is 3.26. The molecule has 0 spiro atoms. The quantitative estimate of drug-likeness (QED) is 0.753. The zero-order valence-electron chi connectivity index (χ0n) is 11.3. The van der Waals surface area contributed by atoms with Gasteiger partial charge in [-0.15, -0.1) is 0 Å². The van der Waals surface area contributed by atoms with E-state index in [9.17, 15) is 9.50 Å². The van der Waals surface area contributed by atoms with Crippen molar-refractivity contribution < 1.29 is 9.50 Å². The van der Waals surface area contributed by atoms with Gasteiger partial charge >= 0.3 is 0 Å². The summed E-state index contributed by atoms with van der Waals surface area (Å²) >= 11 is 5.90. The van der Waals surface area contributed by atoms with Crippen molar-refractivity contribution in [3.05, 3.63) is 65.8 Å². The Morgan fingerprint density at radius 1 is 1.14 bits per heavy atom. The van der Waals surface area contributed by atoms with Crippen LogP contribution in [0.15, 0.2) is 55.0 Å². The molecule has 0 fully saturated rings. The third-order valence-electron chi connectivity index (χ3n) is 3.03. The molecule has 0 aliphatic heterocycles. The Morgan fingerprint density at radius 3 is 2.77 bits per heavy atom. The normalized spacial score (nSPS) is 10.5. The number of anilines is 2. The predicted molar refractivity (Wildman–Crippen MR) is 83.8 cm³/mol. The van der Waals surface area contributed by atoms with Gasteiger partial charge < -0.3 is 10.4 Å². The zero-order valence-corrected chi connectivity index (χ0v) is 12.0. The summed E-state index contributed by atoms with van der Waals surface area (Å²) < 4.78 is 13.9. The van der Waals surface area contributed by atoms with Gasteiger partial charge in [-0.3, -0.25) is 9.97 Å². The minimum absolute atomic E-state index is 0.0463. The van der Waals surface area contributed by atoms with Gasteiger partial charge in [0.05, 0.1) is 29.5 Å². The molecule has 2 N–H and O–H groups in total. The summed E-state index contributed by atoms with van der Waals surface area (Å²) in [6.07, 6.45) is 4.51. The molecule has 22 heavy (non-hydrogen) atoms. The van der Waals surface area contributed by atoms with E-state index in [-0.39, 0.29) is 11.3 Å². The first kappa shape index (κ1) is 14.3. The fourth-order valence-corrected chi connectivity index (χ4v) is 2.15. The SMILES string of the molecule is Oc1cnc(-c2cc(Cl)ccc2F)cc1Nc1cccnc1. The van der Waals surface area contributed by atoms with E-state index < -0.39 is 5.82 Å². The number of nitrogens with one attached hydrogen (secondary N) is 1. The van der Waals surface area contributed by atoms with Crippen LogP contribution in [0.1, 0.15) is 0 Å². The average molecular weight is 316 g/mol. The van der Waals surface area contributed by atoms with Crippen LogP contribution >= 0.6 is 11.6 Å². The molecule has 0 unspecified atom stereocenters. The molecule has 0 radical (unpaired) electrons. The van der Waals surface area contributed by atoms with Gasteiger partial charge in [0.25, 0.3) is 0 Å². The minimum atomic E-state index is -0.435. The van der Waals surface area contributed by atoms with Crippen molar-refractivity contribution in [2.45, 2.75) is 0 Å². The topological polar surface area (TPSA) is 58.0 Å². The molecule has 0 amide bonds. The van der Waals surface area contributed by atoms with Crippen molar-refractivity contribution in [3.8, 4) is 17.0 Å². The van der Waals surface area contributed by atoms with Crippen molar-refractivity contribution in [2.24, 2.45) is 0 Å². The number of benzene rings is 1. The summed E-state index contributed by atoms with van der Waals surface area (Å²) in [7, 11) is 0. The van der Waals surface area contributed by atoms with Gasteiger partial charge in [-0.05, 0) is 36.4 Å². The molecular weight excluding hydrogens is 305 g/mol. The summed E-state index contributed by atoms with van der Waals surface area (Å²) in [5.74, 6) is -0.482. The van der Waals surface area contributed by atoms with Gasteiger partial charge in [-0.1, -0.05) is 11.6 Å². The van der Waals surface area contributed by atoms with Gasteiger partial charge in [-0.25, -0.2) is 4.39 Å².